The summed E-state index contributed by atoms with van der Waals surface area (Å²) in [6, 6.07) is 0. The van der Waals surface area contributed by atoms with Gasteiger partial charge < -0.3 is 15.0 Å². The number of carboxylic acid groups (broad SMARTS) is 1. The maximum absolute atomic E-state index is 12.1. The SMILES string of the molecule is CCN(CCC(=O)O)C(=O)c1c[nH]c(=O)n(C)c1=O. The molecule has 0 aliphatic rings. The molecule has 0 aromatic carbocycles. The molecule has 0 radical (unpaired) electrons. The summed E-state index contributed by atoms with van der Waals surface area (Å²) in [6.45, 7) is 1.96. The molecule has 104 valence electrons. The Kier molecular flexibility index (Phi) is 4.62. The van der Waals surface area contributed by atoms with E-state index in [1.165, 1.54) is 11.9 Å². The van der Waals surface area contributed by atoms with Crippen molar-refractivity contribution in [2.24, 2.45) is 7.05 Å². The van der Waals surface area contributed by atoms with Gasteiger partial charge in [-0.15, -0.1) is 0 Å². The van der Waals surface area contributed by atoms with Crippen molar-refractivity contribution in [2.45, 2.75) is 13.3 Å². The van der Waals surface area contributed by atoms with Gasteiger partial charge in [-0.05, 0) is 6.92 Å². The van der Waals surface area contributed by atoms with E-state index in [1.54, 1.807) is 6.92 Å². The maximum Gasteiger partial charge on any atom is 0.328 e. The second-order valence-electron chi connectivity index (χ2n) is 3.90. The largest absolute Gasteiger partial charge is 0.481 e. The Morgan fingerprint density at radius 3 is 2.58 bits per heavy atom. The maximum atomic E-state index is 12.1. The zero-order chi connectivity index (χ0) is 14.6. The number of nitrogens with one attached hydrogen (secondary N) is 1. The first-order valence-electron chi connectivity index (χ1n) is 5.68. The molecule has 8 heteroatoms. The van der Waals surface area contributed by atoms with E-state index in [-0.39, 0.29) is 25.1 Å². The number of rotatable bonds is 5. The summed E-state index contributed by atoms with van der Waals surface area (Å²) in [5.74, 6) is -1.62. The van der Waals surface area contributed by atoms with Crippen LogP contribution < -0.4 is 11.2 Å². The second kappa shape index (κ2) is 5.98. The van der Waals surface area contributed by atoms with Crippen molar-refractivity contribution >= 4 is 11.9 Å². The van der Waals surface area contributed by atoms with E-state index in [0.29, 0.717) is 0 Å². The molecule has 0 aliphatic heterocycles. The highest BCUT2D eigenvalue weighted by atomic mass is 16.4. The van der Waals surface area contributed by atoms with E-state index < -0.39 is 23.1 Å². The van der Waals surface area contributed by atoms with Gasteiger partial charge in [0.25, 0.3) is 11.5 Å². The lowest BCUT2D eigenvalue weighted by Crippen LogP contribution is -2.41. The minimum absolute atomic E-state index is 0.00689. The number of carbonyl (C=O) groups excluding carboxylic acids is 1. The number of hydrogen-bond acceptors (Lipinski definition) is 4. The van der Waals surface area contributed by atoms with Crippen LogP contribution in [0.2, 0.25) is 0 Å². The summed E-state index contributed by atoms with van der Waals surface area (Å²) in [4.78, 5) is 49.0. The van der Waals surface area contributed by atoms with Gasteiger partial charge in [0.05, 0.1) is 6.42 Å². The van der Waals surface area contributed by atoms with Crippen molar-refractivity contribution in [3.63, 3.8) is 0 Å². The molecule has 1 aromatic rings. The molecule has 0 bridgehead atoms. The van der Waals surface area contributed by atoms with Crippen LogP contribution in [0, 0.1) is 0 Å². The number of nitrogens with zero attached hydrogens (tertiary/aromatic N) is 2. The van der Waals surface area contributed by atoms with E-state index in [0.717, 1.165) is 10.8 Å². The molecular weight excluding hydrogens is 254 g/mol. The summed E-state index contributed by atoms with van der Waals surface area (Å²) in [6.07, 6.45) is 0.847. The molecule has 8 nitrogen and oxygen atoms in total. The van der Waals surface area contributed by atoms with E-state index in [2.05, 4.69) is 4.98 Å². The molecule has 0 saturated heterocycles. The van der Waals surface area contributed by atoms with Crippen molar-refractivity contribution in [3.05, 3.63) is 32.6 Å². The van der Waals surface area contributed by atoms with E-state index >= 15 is 0 Å². The Bertz CT molecular complexity index is 601. The molecule has 1 aromatic heterocycles. The van der Waals surface area contributed by atoms with E-state index in [1.807, 2.05) is 0 Å². The Hall–Kier alpha value is -2.38. The number of H-pyrrole nitrogens is 1. The van der Waals surface area contributed by atoms with Crippen molar-refractivity contribution in [3.8, 4) is 0 Å². The normalized spacial score (nSPS) is 10.2. The van der Waals surface area contributed by atoms with E-state index in [4.69, 9.17) is 5.11 Å². The zero-order valence-corrected chi connectivity index (χ0v) is 10.7. The van der Waals surface area contributed by atoms with Crippen LogP contribution in [0.25, 0.3) is 0 Å². The lowest BCUT2D eigenvalue weighted by molar-refractivity contribution is -0.137. The van der Waals surface area contributed by atoms with Crippen molar-refractivity contribution in [1.82, 2.24) is 14.5 Å². The number of hydrogen-bond donors (Lipinski definition) is 2. The average Bonchev–Trinajstić information content (AvgIpc) is 2.36. The zero-order valence-electron chi connectivity index (χ0n) is 10.7. The molecular formula is C11H15N3O5. The lowest BCUT2D eigenvalue weighted by atomic mass is 10.2. The Morgan fingerprint density at radius 1 is 1.42 bits per heavy atom. The summed E-state index contributed by atoms with van der Waals surface area (Å²) in [5, 5.41) is 8.59. The van der Waals surface area contributed by atoms with Gasteiger partial charge in [0.15, 0.2) is 0 Å². The minimum atomic E-state index is -1.03. The number of carboxylic acids is 1. The van der Waals surface area contributed by atoms with Gasteiger partial charge >= 0.3 is 11.7 Å². The number of aromatic amines is 1. The fraction of sp³-hybridized carbons (Fsp3) is 0.455. The van der Waals surface area contributed by atoms with Gasteiger partial charge in [-0.1, -0.05) is 0 Å². The molecule has 0 saturated carbocycles. The van der Waals surface area contributed by atoms with E-state index in [9.17, 15) is 19.2 Å². The van der Waals surface area contributed by atoms with Crippen molar-refractivity contribution in [2.75, 3.05) is 13.1 Å². The molecule has 19 heavy (non-hydrogen) atoms. The van der Waals surface area contributed by atoms with Crippen LogP contribution in [0.3, 0.4) is 0 Å². The van der Waals surface area contributed by atoms with Crippen LogP contribution >= 0.6 is 0 Å². The standard InChI is InChI=1S/C11H15N3O5/c1-3-14(5-4-8(15)16)10(18)7-6-12-11(19)13(2)9(7)17/h6H,3-5H2,1-2H3,(H,12,19)(H,15,16). The average molecular weight is 269 g/mol. The Balaban J connectivity index is 3.05. The van der Waals surface area contributed by atoms with Gasteiger partial charge in [-0.25, -0.2) is 4.79 Å². The Morgan fingerprint density at radius 2 is 2.05 bits per heavy atom. The summed E-state index contributed by atoms with van der Waals surface area (Å²) in [5.41, 5.74) is -1.51. The van der Waals surface area contributed by atoms with Crippen molar-refractivity contribution < 1.29 is 14.7 Å². The first kappa shape index (κ1) is 14.7. The van der Waals surface area contributed by atoms with Gasteiger partial charge in [0.2, 0.25) is 0 Å². The quantitative estimate of drug-likeness (QED) is 0.712. The third kappa shape index (κ3) is 3.30. The number of amides is 1. The topological polar surface area (TPSA) is 112 Å². The third-order valence-corrected chi connectivity index (χ3v) is 2.67. The molecule has 1 heterocycles. The second-order valence-corrected chi connectivity index (χ2v) is 3.90. The summed E-state index contributed by atoms with van der Waals surface area (Å²) in [7, 11) is 1.26. The molecule has 1 rings (SSSR count). The summed E-state index contributed by atoms with van der Waals surface area (Å²) >= 11 is 0. The van der Waals surface area contributed by atoms with Gasteiger partial charge in [0.1, 0.15) is 5.56 Å². The van der Waals surface area contributed by atoms with Gasteiger partial charge in [-0.2, -0.15) is 0 Å². The molecule has 1 amide bonds. The molecule has 0 atom stereocenters. The molecule has 0 fully saturated rings. The van der Waals surface area contributed by atoms with Crippen LogP contribution in [-0.4, -0.2) is 44.5 Å². The lowest BCUT2D eigenvalue weighted by Gasteiger charge is -2.19. The summed E-state index contributed by atoms with van der Waals surface area (Å²) < 4.78 is 0.790. The first-order valence-corrected chi connectivity index (χ1v) is 5.68. The van der Waals surface area contributed by atoms with Crippen LogP contribution in [-0.2, 0) is 11.8 Å². The van der Waals surface area contributed by atoms with Crippen LogP contribution in [0.4, 0.5) is 0 Å². The monoisotopic (exact) mass is 269 g/mol. The minimum Gasteiger partial charge on any atom is -0.481 e. The molecule has 0 aliphatic carbocycles. The Labute approximate surface area is 108 Å². The van der Waals surface area contributed by atoms with Crippen LogP contribution in [0.15, 0.2) is 15.8 Å². The molecule has 0 spiro atoms. The number of aliphatic carboxylic acids is 1. The fourth-order valence-corrected chi connectivity index (χ4v) is 1.52. The van der Waals surface area contributed by atoms with Crippen LogP contribution in [0.1, 0.15) is 23.7 Å². The third-order valence-electron chi connectivity index (χ3n) is 2.67. The molecule has 2 N–H and O–H groups in total. The predicted molar refractivity (Wildman–Crippen MR) is 66.1 cm³/mol. The number of aromatic nitrogens is 2. The van der Waals surface area contributed by atoms with Gasteiger partial charge in [0, 0.05) is 26.3 Å². The highest BCUT2D eigenvalue weighted by Crippen LogP contribution is 1.99. The highest BCUT2D eigenvalue weighted by molar-refractivity contribution is 5.93. The smallest absolute Gasteiger partial charge is 0.328 e. The highest BCUT2D eigenvalue weighted by Gasteiger charge is 2.19. The predicted octanol–water partition coefficient (Wildman–Crippen LogP) is -0.990. The molecule has 0 unspecified atom stereocenters. The van der Waals surface area contributed by atoms with Crippen molar-refractivity contribution in [1.29, 1.82) is 0 Å². The first-order chi connectivity index (χ1) is 8.88. The van der Waals surface area contributed by atoms with Crippen LogP contribution in [0.5, 0.6) is 0 Å². The number of carbonyl (C=O) groups is 2. The fourth-order valence-electron chi connectivity index (χ4n) is 1.52. The van der Waals surface area contributed by atoms with Gasteiger partial charge in [-0.3, -0.25) is 19.0 Å².